The molecule has 0 radical (unpaired) electrons. The minimum absolute atomic E-state index is 0.0145. The van der Waals surface area contributed by atoms with Crippen molar-refractivity contribution in [1.82, 2.24) is 0 Å². The van der Waals surface area contributed by atoms with Crippen molar-refractivity contribution in [2.24, 2.45) is 0 Å². The fraction of sp³-hybridized carbons (Fsp3) is 0.250. The molecule has 0 aromatic heterocycles. The number of rotatable bonds is 6. The van der Waals surface area contributed by atoms with E-state index in [0.717, 1.165) is 0 Å². The molecule has 0 unspecified atom stereocenters. The number of aliphatic hydroxyl groups is 1. The second-order valence-electron chi connectivity index (χ2n) is 4.45. The Kier molecular flexibility index (Phi) is 5.22. The molecule has 0 atom stereocenters. The Labute approximate surface area is 120 Å². The van der Waals surface area contributed by atoms with E-state index in [0.29, 0.717) is 11.1 Å². The van der Waals surface area contributed by atoms with E-state index in [1.54, 1.807) is 24.3 Å². The average Bonchev–Trinajstić information content (AvgIpc) is 2.52. The SMILES string of the molecule is OCc1ccccc1-c1ccc(OCCCF)c(F)c1F. The number of hydrogen-bond acceptors (Lipinski definition) is 2. The van der Waals surface area contributed by atoms with Crippen molar-refractivity contribution in [3.8, 4) is 16.9 Å². The first-order chi connectivity index (χ1) is 10.2. The molecular weight excluding hydrogens is 281 g/mol. The normalized spacial score (nSPS) is 10.7. The third kappa shape index (κ3) is 3.36. The molecule has 0 amide bonds. The van der Waals surface area contributed by atoms with Gasteiger partial charge in [-0.05, 0) is 23.3 Å². The summed E-state index contributed by atoms with van der Waals surface area (Å²) < 4.78 is 45.1. The van der Waals surface area contributed by atoms with Gasteiger partial charge >= 0.3 is 0 Å². The molecule has 5 heteroatoms. The van der Waals surface area contributed by atoms with Crippen molar-refractivity contribution in [3.63, 3.8) is 0 Å². The second kappa shape index (κ2) is 7.13. The van der Waals surface area contributed by atoms with Crippen molar-refractivity contribution in [1.29, 1.82) is 0 Å². The van der Waals surface area contributed by atoms with Gasteiger partial charge in [0.15, 0.2) is 11.6 Å². The van der Waals surface area contributed by atoms with E-state index in [1.807, 2.05) is 0 Å². The first-order valence-electron chi connectivity index (χ1n) is 6.55. The average molecular weight is 296 g/mol. The molecule has 0 heterocycles. The Morgan fingerprint density at radius 1 is 0.952 bits per heavy atom. The molecule has 0 spiro atoms. The van der Waals surface area contributed by atoms with E-state index in [9.17, 15) is 18.3 Å². The van der Waals surface area contributed by atoms with E-state index in [1.165, 1.54) is 12.1 Å². The topological polar surface area (TPSA) is 29.5 Å². The maximum atomic E-state index is 14.2. The highest BCUT2D eigenvalue weighted by molar-refractivity contribution is 5.68. The number of ether oxygens (including phenoxy) is 1. The summed E-state index contributed by atoms with van der Waals surface area (Å²) in [5.74, 6) is -2.40. The van der Waals surface area contributed by atoms with Crippen LogP contribution in [0.4, 0.5) is 13.2 Å². The summed E-state index contributed by atoms with van der Waals surface area (Å²) in [5, 5.41) is 9.26. The van der Waals surface area contributed by atoms with Gasteiger partial charge in [-0.1, -0.05) is 24.3 Å². The largest absolute Gasteiger partial charge is 0.490 e. The lowest BCUT2D eigenvalue weighted by atomic mass is 9.99. The van der Waals surface area contributed by atoms with Crippen LogP contribution in [0, 0.1) is 11.6 Å². The Balaban J connectivity index is 2.36. The Morgan fingerprint density at radius 3 is 2.43 bits per heavy atom. The van der Waals surface area contributed by atoms with E-state index in [4.69, 9.17) is 4.74 Å². The predicted molar refractivity (Wildman–Crippen MR) is 73.8 cm³/mol. The quantitative estimate of drug-likeness (QED) is 0.820. The number of alkyl halides is 1. The van der Waals surface area contributed by atoms with Crippen molar-refractivity contribution in [3.05, 3.63) is 53.6 Å². The highest BCUT2D eigenvalue weighted by Crippen LogP contribution is 2.31. The lowest BCUT2D eigenvalue weighted by Crippen LogP contribution is -2.02. The third-order valence-corrected chi connectivity index (χ3v) is 3.06. The molecule has 1 N–H and O–H groups in total. The van der Waals surface area contributed by atoms with E-state index in [-0.39, 0.29) is 30.9 Å². The first-order valence-corrected chi connectivity index (χ1v) is 6.55. The zero-order valence-electron chi connectivity index (χ0n) is 11.3. The summed E-state index contributed by atoms with van der Waals surface area (Å²) in [6.45, 7) is -0.864. The lowest BCUT2D eigenvalue weighted by molar-refractivity contribution is 0.273. The molecule has 0 aliphatic heterocycles. The van der Waals surface area contributed by atoms with Gasteiger partial charge in [-0.15, -0.1) is 0 Å². The molecule has 112 valence electrons. The van der Waals surface area contributed by atoms with Gasteiger partial charge in [0.05, 0.1) is 19.9 Å². The van der Waals surface area contributed by atoms with Gasteiger partial charge < -0.3 is 9.84 Å². The summed E-state index contributed by atoms with van der Waals surface area (Å²) in [4.78, 5) is 0. The Morgan fingerprint density at radius 2 is 1.71 bits per heavy atom. The molecule has 2 rings (SSSR count). The smallest absolute Gasteiger partial charge is 0.201 e. The minimum Gasteiger partial charge on any atom is -0.490 e. The van der Waals surface area contributed by atoms with Crippen LogP contribution in [-0.4, -0.2) is 18.4 Å². The number of halogens is 3. The molecule has 21 heavy (non-hydrogen) atoms. The second-order valence-corrected chi connectivity index (χ2v) is 4.45. The van der Waals surface area contributed by atoms with Gasteiger partial charge in [-0.3, -0.25) is 4.39 Å². The number of benzene rings is 2. The summed E-state index contributed by atoms with van der Waals surface area (Å²) in [6, 6.07) is 9.32. The number of aliphatic hydroxyl groups excluding tert-OH is 1. The maximum absolute atomic E-state index is 14.2. The van der Waals surface area contributed by atoms with E-state index >= 15 is 0 Å². The summed E-state index contributed by atoms with van der Waals surface area (Å²) >= 11 is 0. The zero-order chi connectivity index (χ0) is 15.2. The highest BCUT2D eigenvalue weighted by atomic mass is 19.2. The van der Waals surface area contributed by atoms with Crippen LogP contribution in [0.5, 0.6) is 5.75 Å². The maximum Gasteiger partial charge on any atom is 0.201 e. The van der Waals surface area contributed by atoms with Gasteiger partial charge in [0, 0.05) is 12.0 Å². The van der Waals surface area contributed by atoms with Gasteiger partial charge in [0.1, 0.15) is 0 Å². The third-order valence-electron chi connectivity index (χ3n) is 3.06. The van der Waals surface area contributed by atoms with Gasteiger partial charge in [-0.2, -0.15) is 4.39 Å². The van der Waals surface area contributed by atoms with E-state index in [2.05, 4.69) is 0 Å². The van der Waals surface area contributed by atoms with Crippen LogP contribution in [0.15, 0.2) is 36.4 Å². The van der Waals surface area contributed by atoms with Crippen LogP contribution in [0.3, 0.4) is 0 Å². The van der Waals surface area contributed by atoms with Gasteiger partial charge in [-0.25, -0.2) is 4.39 Å². The molecule has 0 bridgehead atoms. The standard InChI is InChI=1S/C16H15F3O2/c17-8-3-9-21-14-7-6-13(15(18)16(14)19)12-5-2-1-4-11(12)10-20/h1-2,4-7,20H,3,8-10H2. The fourth-order valence-electron chi connectivity index (χ4n) is 2.01. The molecular formula is C16H15F3O2. The van der Waals surface area contributed by atoms with Crippen LogP contribution in [0.2, 0.25) is 0 Å². The van der Waals surface area contributed by atoms with Crippen molar-refractivity contribution >= 4 is 0 Å². The first kappa shape index (κ1) is 15.4. The summed E-state index contributed by atoms with van der Waals surface area (Å²) in [6.07, 6.45) is 0.121. The van der Waals surface area contributed by atoms with E-state index < -0.39 is 18.3 Å². The van der Waals surface area contributed by atoms with Crippen molar-refractivity contribution in [2.45, 2.75) is 13.0 Å². The summed E-state index contributed by atoms with van der Waals surface area (Å²) in [7, 11) is 0. The molecule has 0 saturated carbocycles. The Hall–Kier alpha value is -2.01. The molecule has 2 aromatic carbocycles. The van der Waals surface area contributed by atoms with Crippen LogP contribution in [-0.2, 0) is 6.61 Å². The number of hydrogen-bond donors (Lipinski definition) is 1. The summed E-state index contributed by atoms with van der Waals surface area (Å²) in [5.41, 5.74) is 0.976. The molecule has 0 aliphatic carbocycles. The monoisotopic (exact) mass is 296 g/mol. The van der Waals surface area contributed by atoms with Crippen LogP contribution in [0.25, 0.3) is 11.1 Å². The minimum atomic E-state index is -1.11. The van der Waals surface area contributed by atoms with Crippen LogP contribution >= 0.6 is 0 Å². The molecule has 2 aromatic rings. The van der Waals surface area contributed by atoms with Gasteiger partial charge in [0.2, 0.25) is 5.82 Å². The van der Waals surface area contributed by atoms with Crippen LogP contribution < -0.4 is 4.74 Å². The lowest BCUT2D eigenvalue weighted by Gasteiger charge is -2.12. The molecule has 0 fully saturated rings. The highest BCUT2D eigenvalue weighted by Gasteiger charge is 2.17. The van der Waals surface area contributed by atoms with Crippen LogP contribution in [0.1, 0.15) is 12.0 Å². The Bertz CT molecular complexity index is 614. The van der Waals surface area contributed by atoms with Crippen molar-refractivity contribution in [2.75, 3.05) is 13.3 Å². The molecule has 0 saturated heterocycles. The molecule has 2 nitrogen and oxygen atoms in total. The van der Waals surface area contributed by atoms with Gasteiger partial charge in [0.25, 0.3) is 0 Å². The fourth-order valence-corrected chi connectivity index (χ4v) is 2.01. The van der Waals surface area contributed by atoms with Crippen molar-refractivity contribution < 1.29 is 23.0 Å². The predicted octanol–water partition coefficient (Wildman–Crippen LogP) is 3.86. The molecule has 0 aliphatic rings. The zero-order valence-corrected chi connectivity index (χ0v) is 11.3.